The van der Waals surface area contributed by atoms with Gasteiger partial charge in [-0.3, -0.25) is 0 Å². The van der Waals surface area contributed by atoms with Gasteiger partial charge in [0.1, 0.15) is 10.1 Å². The van der Waals surface area contributed by atoms with Crippen LogP contribution in [0.2, 0.25) is 0 Å². The second-order valence-corrected chi connectivity index (χ2v) is 8.45. The number of benzene rings is 2. The fourth-order valence-corrected chi connectivity index (χ4v) is 3.86. The van der Waals surface area contributed by atoms with Crippen molar-refractivity contribution in [1.29, 1.82) is 0 Å². The van der Waals surface area contributed by atoms with Crippen LogP contribution in [0, 0.1) is 0 Å². The molecule has 0 aliphatic heterocycles. The molecule has 0 heterocycles. The molecule has 5 heteroatoms. The monoisotopic (exact) mass is 356 g/mol. The maximum atomic E-state index is 11.8. The molecule has 0 amide bonds. The Bertz CT molecular complexity index is 837. The number of hydrogen-bond donors (Lipinski definition) is 0. The summed E-state index contributed by atoms with van der Waals surface area (Å²) in [5, 5.41) is 1.43. The van der Waals surface area contributed by atoms with Crippen LogP contribution in [0.25, 0.3) is 10.8 Å². The molecule has 0 saturated carbocycles. The topological polar surface area (TPSA) is 57.2 Å². The molecule has 0 fully saturated rings. The summed E-state index contributed by atoms with van der Waals surface area (Å²) < 4.78 is 35.3. The molecule has 0 spiro atoms. The van der Waals surface area contributed by atoms with Crippen LogP contribution in [-0.4, -0.2) is 13.0 Å². The fourth-order valence-electron chi connectivity index (χ4n) is 3.14. The van der Waals surface area contributed by atoms with Crippen molar-refractivity contribution in [2.24, 2.45) is 0 Å². The summed E-state index contributed by atoms with van der Waals surface area (Å²) in [5.41, 5.74) is 3.24. The van der Waals surface area contributed by atoms with E-state index < -0.39 is 10.1 Å². The van der Waals surface area contributed by atoms with Crippen LogP contribution >= 0.6 is 0 Å². The summed E-state index contributed by atoms with van der Waals surface area (Å²) in [7, 11) is -4.51. The van der Waals surface area contributed by atoms with Gasteiger partial charge in [-0.1, -0.05) is 59.7 Å². The third kappa shape index (κ3) is 4.23. The predicted molar refractivity (Wildman–Crippen MR) is 94.2 cm³/mol. The van der Waals surface area contributed by atoms with E-state index >= 15 is 0 Å². The Hall–Kier alpha value is -0.390. The normalized spacial score (nSPS) is 12.2. The van der Waals surface area contributed by atoms with E-state index in [0.717, 1.165) is 22.1 Å². The minimum absolute atomic E-state index is 0. The van der Waals surface area contributed by atoms with E-state index in [2.05, 4.69) is 33.8 Å². The molecule has 24 heavy (non-hydrogen) atoms. The maximum absolute atomic E-state index is 11.8. The Morgan fingerprint density at radius 1 is 0.833 bits per heavy atom. The quantitative estimate of drug-likeness (QED) is 0.623. The number of hydrogen-bond acceptors (Lipinski definition) is 3. The van der Waals surface area contributed by atoms with Crippen molar-refractivity contribution in [2.45, 2.75) is 64.2 Å². The van der Waals surface area contributed by atoms with Gasteiger partial charge in [0, 0.05) is 0 Å². The van der Waals surface area contributed by atoms with Gasteiger partial charge in [-0.2, -0.15) is 0 Å². The molecular weight excluding hydrogens is 331 g/mol. The average Bonchev–Trinajstić information content (AvgIpc) is 2.42. The molecule has 2 rings (SSSR count). The molecule has 126 valence electrons. The van der Waals surface area contributed by atoms with E-state index in [1.165, 1.54) is 0 Å². The van der Waals surface area contributed by atoms with Gasteiger partial charge < -0.3 is 4.55 Å². The maximum Gasteiger partial charge on any atom is 1.00 e. The Kier molecular flexibility index (Phi) is 7.11. The smallest absolute Gasteiger partial charge is 0.744 e. The molecule has 0 bridgehead atoms. The van der Waals surface area contributed by atoms with Gasteiger partial charge in [-0.15, -0.1) is 0 Å². The Morgan fingerprint density at radius 3 is 1.83 bits per heavy atom. The molecule has 0 N–H and O–H groups in total. The minimum atomic E-state index is -4.51. The Morgan fingerprint density at radius 2 is 1.42 bits per heavy atom. The van der Waals surface area contributed by atoms with Gasteiger partial charge in [0.15, 0.2) is 0 Å². The van der Waals surface area contributed by atoms with Gasteiger partial charge in [0.2, 0.25) is 0 Å². The van der Waals surface area contributed by atoms with E-state index in [1.807, 2.05) is 19.9 Å². The first-order valence-corrected chi connectivity index (χ1v) is 9.51. The van der Waals surface area contributed by atoms with Gasteiger partial charge in [0.05, 0.1) is 4.90 Å². The zero-order valence-corrected chi connectivity index (χ0v) is 18.5. The summed E-state index contributed by atoms with van der Waals surface area (Å²) in [6, 6.07) is 7.34. The summed E-state index contributed by atoms with van der Waals surface area (Å²) in [6.45, 7) is 12.5. The van der Waals surface area contributed by atoms with E-state index in [9.17, 15) is 13.0 Å². The number of fused-ring (bicyclic) bond motifs is 1. The van der Waals surface area contributed by atoms with E-state index in [1.54, 1.807) is 12.1 Å². The van der Waals surface area contributed by atoms with Gasteiger partial charge in [-0.05, 0) is 51.3 Å². The van der Waals surface area contributed by atoms with Crippen molar-refractivity contribution in [3.8, 4) is 0 Å². The number of rotatable bonds is 4. The zero-order chi connectivity index (χ0) is 17.5. The van der Waals surface area contributed by atoms with Gasteiger partial charge in [-0.25, -0.2) is 8.42 Å². The third-order valence-corrected chi connectivity index (χ3v) is 5.21. The van der Waals surface area contributed by atoms with Crippen molar-refractivity contribution in [3.63, 3.8) is 0 Å². The molecule has 0 radical (unpaired) electrons. The first kappa shape index (κ1) is 21.7. The Labute approximate surface area is 167 Å². The van der Waals surface area contributed by atoms with Gasteiger partial charge >= 0.3 is 29.6 Å². The second-order valence-electron chi connectivity index (χ2n) is 7.10. The van der Waals surface area contributed by atoms with Crippen LogP contribution in [0.15, 0.2) is 29.2 Å². The van der Waals surface area contributed by atoms with Crippen LogP contribution in [-0.2, 0) is 10.1 Å². The van der Waals surface area contributed by atoms with Crippen molar-refractivity contribution < 1.29 is 42.5 Å². The SMILES string of the molecule is CC(C)c1ccc2c(S(=O)(=O)[O-])cc(C(C)C)c(C(C)C)c2c1.[Na+]. The summed E-state index contributed by atoms with van der Waals surface area (Å²) in [5.74, 6) is 0.746. The summed E-state index contributed by atoms with van der Waals surface area (Å²) >= 11 is 0. The molecule has 0 saturated heterocycles. The molecule has 2 aromatic carbocycles. The molecule has 3 nitrogen and oxygen atoms in total. The van der Waals surface area contributed by atoms with E-state index in [0.29, 0.717) is 11.3 Å². The molecular formula is C19H25NaO3S. The van der Waals surface area contributed by atoms with Gasteiger partial charge in [0.25, 0.3) is 0 Å². The van der Waals surface area contributed by atoms with Crippen molar-refractivity contribution >= 4 is 20.9 Å². The molecule has 0 atom stereocenters. The summed E-state index contributed by atoms with van der Waals surface area (Å²) in [4.78, 5) is -0.101. The standard InChI is InChI=1S/C19H26O3S.Na/c1-11(2)14-7-8-15-17(9-14)19(13(5)6)16(12(3)4)10-18(15)23(20,21)22;/h7-13H,1-6H3,(H,20,21,22);/q;+1/p-1. The minimum Gasteiger partial charge on any atom is -0.744 e. The average molecular weight is 356 g/mol. The molecule has 2 aromatic rings. The van der Waals surface area contributed by atoms with Crippen molar-refractivity contribution in [1.82, 2.24) is 0 Å². The largest absolute Gasteiger partial charge is 1.00 e. The van der Waals surface area contributed by atoms with Crippen molar-refractivity contribution in [3.05, 3.63) is 41.0 Å². The van der Waals surface area contributed by atoms with Crippen LogP contribution in [0.4, 0.5) is 0 Å². The van der Waals surface area contributed by atoms with Crippen LogP contribution in [0.5, 0.6) is 0 Å². The van der Waals surface area contributed by atoms with Crippen LogP contribution in [0.1, 0.15) is 76.0 Å². The third-order valence-electron chi connectivity index (χ3n) is 4.33. The first-order valence-electron chi connectivity index (χ1n) is 8.10. The fraction of sp³-hybridized carbons (Fsp3) is 0.474. The molecule has 0 unspecified atom stereocenters. The van der Waals surface area contributed by atoms with Crippen LogP contribution < -0.4 is 29.6 Å². The van der Waals surface area contributed by atoms with E-state index in [4.69, 9.17) is 0 Å². The predicted octanol–water partition coefficient (Wildman–Crippen LogP) is 2.12. The van der Waals surface area contributed by atoms with E-state index in [-0.39, 0.29) is 46.3 Å². The zero-order valence-electron chi connectivity index (χ0n) is 15.7. The molecule has 0 aromatic heterocycles. The first-order chi connectivity index (χ1) is 10.5. The molecule has 0 aliphatic rings. The summed E-state index contributed by atoms with van der Waals surface area (Å²) in [6.07, 6.45) is 0. The van der Waals surface area contributed by atoms with Crippen molar-refractivity contribution in [2.75, 3.05) is 0 Å². The van der Waals surface area contributed by atoms with Crippen LogP contribution in [0.3, 0.4) is 0 Å². The second kappa shape index (κ2) is 7.88. The Balaban J connectivity index is 0.00000288. The molecule has 0 aliphatic carbocycles.